The van der Waals surface area contributed by atoms with Gasteiger partial charge in [0, 0.05) is 6.54 Å². The molecule has 0 aromatic carbocycles. The maximum Gasteiger partial charge on any atom is 0.313 e. The molecule has 0 bridgehead atoms. The first-order chi connectivity index (χ1) is 5.02. The van der Waals surface area contributed by atoms with Crippen LogP contribution in [0.2, 0.25) is 0 Å². The van der Waals surface area contributed by atoms with Crippen molar-refractivity contribution in [3.63, 3.8) is 0 Å². The van der Waals surface area contributed by atoms with Gasteiger partial charge in [0.25, 0.3) is 0 Å². The Bertz CT molecular complexity index is 126. The first-order valence-electron chi connectivity index (χ1n) is 3.48. The van der Waals surface area contributed by atoms with E-state index in [1.807, 2.05) is 19.0 Å². The molecule has 5 N–H and O–H groups in total. The van der Waals surface area contributed by atoms with Gasteiger partial charge < -0.3 is 21.7 Å². The van der Waals surface area contributed by atoms with Gasteiger partial charge in [-0.3, -0.25) is 0 Å². The third-order valence-corrected chi connectivity index (χ3v) is 1.21. The van der Waals surface area contributed by atoms with Crippen molar-refractivity contribution in [2.24, 2.45) is 11.5 Å². The maximum atomic E-state index is 10.3. The van der Waals surface area contributed by atoms with Crippen molar-refractivity contribution >= 4 is 6.03 Å². The number of nitrogens with one attached hydrogen (secondary N) is 1. The van der Waals surface area contributed by atoms with E-state index >= 15 is 0 Å². The molecule has 0 aliphatic rings. The lowest BCUT2D eigenvalue weighted by atomic mass is 10.3. The van der Waals surface area contributed by atoms with Crippen LogP contribution in [0.4, 0.5) is 4.79 Å². The number of amides is 2. The number of rotatable bonds is 4. The Morgan fingerprint density at radius 3 is 2.55 bits per heavy atom. The fourth-order valence-corrected chi connectivity index (χ4v) is 0.652. The summed E-state index contributed by atoms with van der Waals surface area (Å²) in [5.41, 5.74) is 10.3. The van der Waals surface area contributed by atoms with Crippen LogP contribution >= 0.6 is 0 Å². The second-order valence-corrected chi connectivity index (χ2v) is 2.71. The third-order valence-electron chi connectivity index (χ3n) is 1.21. The molecule has 66 valence electrons. The molecule has 5 heteroatoms. The average Bonchev–Trinajstić information content (AvgIpc) is 1.82. The number of hydrogen-bond acceptors (Lipinski definition) is 3. The van der Waals surface area contributed by atoms with E-state index in [0.29, 0.717) is 6.42 Å². The van der Waals surface area contributed by atoms with E-state index in [4.69, 9.17) is 11.5 Å². The van der Waals surface area contributed by atoms with E-state index in [-0.39, 0.29) is 6.17 Å². The highest BCUT2D eigenvalue weighted by Crippen LogP contribution is 1.85. The number of nitrogens with two attached hydrogens (primary N) is 2. The normalized spacial score (nSPS) is 13.1. The molecule has 5 nitrogen and oxygen atoms in total. The average molecular weight is 160 g/mol. The smallest absolute Gasteiger partial charge is 0.313 e. The van der Waals surface area contributed by atoms with Crippen LogP contribution < -0.4 is 16.8 Å². The van der Waals surface area contributed by atoms with Crippen molar-refractivity contribution < 1.29 is 4.79 Å². The topological polar surface area (TPSA) is 84.4 Å². The number of primary amides is 1. The van der Waals surface area contributed by atoms with Crippen LogP contribution in [-0.4, -0.2) is 37.7 Å². The molecule has 0 radical (unpaired) electrons. The highest BCUT2D eigenvalue weighted by atomic mass is 16.2. The molecule has 0 aromatic rings. The molecule has 0 aliphatic carbocycles. The molecule has 0 spiro atoms. The highest BCUT2D eigenvalue weighted by molar-refractivity contribution is 5.71. The zero-order valence-corrected chi connectivity index (χ0v) is 7.00. The summed E-state index contributed by atoms with van der Waals surface area (Å²) < 4.78 is 0. The van der Waals surface area contributed by atoms with Gasteiger partial charge in [0.2, 0.25) is 0 Å². The van der Waals surface area contributed by atoms with Gasteiger partial charge in [-0.1, -0.05) is 0 Å². The molecule has 0 fully saturated rings. The Morgan fingerprint density at radius 1 is 1.64 bits per heavy atom. The number of carbonyl (C=O) groups excluding carboxylic acids is 1. The second-order valence-electron chi connectivity index (χ2n) is 2.71. The van der Waals surface area contributed by atoms with Crippen molar-refractivity contribution in [1.29, 1.82) is 0 Å². The largest absolute Gasteiger partial charge is 0.352 e. The molecular weight excluding hydrogens is 144 g/mol. The lowest BCUT2D eigenvalue weighted by molar-refractivity contribution is 0.243. The van der Waals surface area contributed by atoms with Gasteiger partial charge in [-0.05, 0) is 20.5 Å². The van der Waals surface area contributed by atoms with Crippen molar-refractivity contribution in [2.45, 2.75) is 12.6 Å². The SMILES string of the molecule is CN(C)CCC(N)NC(N)=O. The van der Waals surface area contributed by atoms with Crippen LogP contribution in [-0.2, 0) is 0 Å². The van der Waals surface area contributed by atoms with Crippen LogP contribution in [0.25, 0.3) is 0 Å². The lowest BCUT2D eigenvalue weighted by Gasteiger charge is -2.14. The van der Waals surface area contributed by atoms with Gasteiger partial charge in [-0.15, -0.1) is 0 Å². The van der Waals surface area contributed by atoms with Crippen molar-refractivity contribution in [1.82, 2.24) is 10.2 Å². The van der Waals surface area contributed by atoms with Crippen LogP contribution in [0.1, 0.15) is 6.42 Å². The molecule has 0 saturated carbocycles. The fourth-order valence-electron chi connectivity index (χ4n) is 0.652. The van der Waals surface area contributed by atoms with Gasteiger partial charge >= 0.3 is 6.03 Å². The summed E-state index contributed by atoms with van der Waals surface area (Å²) >= 11 is 0. The van der Waals surface area contributed by atoms with E-state index in [1.54, 1.807) is 0 Å². The van der Waals surface area contributed by atoms with E-state index in [0.717, 1.165) is 6.54 Å². The summed E-state index contributed by atoms with van der Waals surface area (Å²) in [6, 6.07) is -0.573. The quantitative estimate of drug-likeness (QED) is 0.456. The molecule has 1 unspecified atom stereocenters. The minimum Gasteiger partial charge on any atom is -0.352 e. The predicted molar refractivity (Wildman–Crippen MR) is 43.9 cm³/mol. The molecule has 0 aromatic heterocycles. The third kappa shape index (κ3) is 7.08. The van der Waals surface area contributed by atoms with E-state index in [9.17, 15) is 4.79 Å². The summed E-state index contributed by atoms with van der Waals surface area (Å²) in [7, 11) is 3.88. The number of urea groups is 1. The van der Waals surface area contributed by atoms with E-state index in [1.165, 1.54) is 0 Å². The standard InChI is InChI=1S/C6H16N4O/c1-10(2)4-3-5(7)9-6(8)11/h5H,3-4,7H2,1-2H3,(H3,8,9,11). The van der Waals surface area contributed by atoms with Crippen molar-refractivity contribution in [3.05, 3.63) is 0 Å². The van der Waals surface area contributed by atoms with Crippen molar-refractivity contribution in [3.8, 4) is 0 Å². The molecule has 2 amide bonds. The number of carbonyl (C=O) groups is 1. The van der Waals surface area contributed by atoms with Crippen LogP contribution in [0.5, 0.6) is 0 Å². The molecule has 0 heterocycles. The van der Waals surface area contributed by atoms with Crippen LogP contribution in [0, 0.1) is 0 Å². The summed E-state index contributed by atoms with van der Waals surface area (Å²) in [6.07, 6.45) is 0.366. The number of hydrogen-bond donors (Lipinski definition) is 3. The van der Waals surface area contributed by atoms with Gasteiger partial charge in [0.15, 0.2) is 0 Å². The molecule has 0 saturated heterocycles. The molecular formula is C6H16N4O. The van der Waals surface area contributed by atoms with Crippen molar-refractivity contribution in [2.75, 3.05) is 20.6 Å². The predicted octanol–water partition coefficient (Wildman–Crippen LogP) is -1.11. The summed E-state index contributed by atoms with van der Waals surface area (Å²) in [6.45, 7) is 0.835. The Hall–Kier alpha value is -0.810. The summed E-state index contributed by atoms with van der Waals surface area (Å²) in [4.78, 5) is 12.3. The van der Waals surface area contributed by atoms with Gasteiger partial charge in [-0.2, -0.15) is 0 Å². The van der Waals surface area contributed by atoms with Crippen LogP contribution in [0.15, 0.2) is 0 Å². The summed E-state index contributed by atoms with van der Waals surface area (Å²) in [5, 5.41) is 2.39. The zero-order chi connectivity index (χ0) is 8.85. The Kier molecular flexibility index (Phi) is 4.56. The Balaban J connectivity index is 3.37. The lowest BCUT2D eigenvalue weighted by Crippen LogP contribution is -2.45. The zero-order valence-electron chi connectivity index (χ0n) is 7.00. The Labute approximate surface area is 66.7 Å². The first kappa shape index (κ1) is 10.2. The minimum absolute atomic E-state index is 0.338. The van der Waals surface area contributed by atoms with Gasteiger partial charge in [-0.25, -0.2) is 4.79 Å². The molecule has 0 aliphatic heterocycles. The second kappa shape index (κ2) is 4.92. The monoisotopic (exact) mass is 160 g/mol. The van der Waals surface area contributed by atoms with Gasteiger partial charge in [0.1, 0.15) is 0 Å². The first-order valence-corrected chi connectivity index (χ1v) is 3.48. The highest BCUT2D eigenvalue weighted by Gasteiger charge is 2.03. The fraction of sp³-hybridized carbons (Fsp3) is 0.833. The van der Waals surface area contributed by atoms with Gasteiger partial charge in [0.05, 0.1) is 6.17 Å². The minimum atomic E-state index is -0.573. The molecule has 1 atom stereocenters. The van der Waals surface area contributed by atoms with E-state index < -0.39 is 6.03 Å². The van der Waals surface area contributed by atoms with E-state index in [2.05, 4.69) is 5.32 Å². The Morgan fingerprint density at radius 2 is 2.18 bits per heavy atom. The van der Waals surface area contributed by atoms with Crippen LogP contribution in [0.3, 0.4) is 0 Å². The molecule has 11 heavy (non-hydrogen) atoms. The number of nitrogens with zero attached hydrogens (tertiary/aromatic N) is 1. The summed E-state index contributed by atoms with van der Waals surface area (Å²) in [5.74, 6) is 0. The molecule has 0 rings (SSSR count). The maximum absolute atomic E-state index is 10.3.